The minimum absolute atomic E-state index is 0.134. The third-order valence-corrected chi connectivity index (χ3v) is 3.96. The number of rotatable bonds is 5. The summed E-state index contributed by atoms with van der Waals surface area (Å²) in [5.74, 6) is -1.08. The van der Waals surface area contributed by atoms with Crippen molar-refractivity contribution in [3.8, 4) is 0 Å². The summed E-state index contributed by atoms with van der Waals surface area (Å²) in [5, 5.41) is 15.4. The summed E-state index contributed by atoms with van der Waals surface area (Å²) in [4.78, 5) is 22.5. The Morgan fingerprint density at radius 1 is 1.50 bits per heavy atom. The Labute approximate surface area is 119 Å². The summed E-state index contributed by atoms with van der Waals surface area (Å²) in [5.41, 5.74) is 1.74. The first-order valence-electron chi connectivity index (χ1n) is 6.07. The molecule has 1 atom stereocenters. The number of carboxylic acid groups (broad SMARTS) is 1. The Bertz CT molecular complexity index is 677. The Kier molecular flexibility index (Phi) is 4.29. The van der Waals surface area contributed by atoms with Gasteiger partial charge in [0.05, 0.1) is 11.8 Å². The second kappa shape index (κ2) is 5.96. The van der Waals surface area contributed by atoms with E-state index in [9.17, 15) is 9.59 Å². The van der Waals surface area contributed by atoms with Crippen molar-refractivity contribution < 1.29 is 9.90 Å². The number of aromatic nitrogens is 3. The van der Waals surface area contributed by atoms with E-state index in [1.165, 1.54) is 4.57 Å². The van der Waals surface area contributed by atoms with Gasteiger partial charge in [0.1, 0.15) is 0 Å². The van der Waals surface area contributed by atoms with Crippen LogP contribution < -0.4 is 5.69 Å². The molecule has 0 spiro atoms. The van der Waals surface area contributed by atoms with Gasteiger partial charge in [-0.1, -0.05) is 36.0 Å². The van der Waals surface area contributed by atoms with E-state index in [0.717, 1.165) is 22.9 Å². The van der Waals surface area contributed by atoms with Gasteiger partial charge in [-0.25, -0.2) is 9.89 Å². The van der Waals surface area contributed by atoms with Gasteiger partial charge in [-0.2, -0.15) is 0 Å². The average molecular weight is 293 g/mol. The molecule has 1 unspecified atom stereocenters. The Hall–Kier alpha value is -2.02. The van der Waals surface area contributed by atoms with E-state index in [-0.39, 0.29) is 17.5 Å². The SMILES string of the molecule is Cc1ccccc1C(C)n1c(SCC(=O)O)n[nH]c1=O. The number of aliphatic carboxylic acids is 1. The Balaban J connectivity index is 2.37. The summed E-state index contributed by atoms with van der Waals surface area (Å²) >= 11 is 1.03. The van der Waals surface area contributed by atoms with Crippen molar-refractivity contribution in [1.82, 2.24) is 14.8 Å². The molecular weight excluding hydrogens is 278 g/mol. The zero-order valence-corrected chi connectivity index (χ0v) is 12.0. The molecule has 0 amide bonds. The molecule has 7 heteroatoms. The molecule has 0 bridgehead atoms. The van der Waals surface area contributed by atoms with Crippen LogP contribution >= 0.6 is 11.8 Å². The third kappa shape index (κ3) is 2.93. The molecule has 0 saturated carbocycles. The van der Waals surface area contributed by atoms with Crippen molar-refractivity contribution in [3.05, 3.63) is 45.9 Å². The van der Waals surface area contributed by atoms with Gasteiger partial charge in [0, 0.05) is 0 Å². The molecule has 1 aromatic carbocycles. The standard InChI is InChI=1S/C13H15N3O3S/c1-8-5-3-4-6-10(8)9(2)16-12(19)14-15-13(16)20-7-11(17)18/h3-6,9H,7H2,1-2H3,(H,14,19)(H,17,18). The minimum atomic E-state index is -0.944. The maximum atomic E-state index is 11.9. The number of carbonyl (C=O) groups is 1. The van der Waals surface area contributed by atoms with Crippen molar-refractivity contribution >= 4 is 17.7 Å². The fourth-order valence-electron chi connectivity index (χ4n) is 2.05. The lowest BCUT2D eigenvalue weighted by molar-refractivity contribution is -0.133. The largest absolute Gasteiger partial charge is 0.481 e. The minimum Gasteiger partial charge on any atom is -0.481 e. The molecule has 2 aromatic rings. The van der Waals surface area contributed by atoms with Crippen LogP contribution in [0.5, 0.6) is 0 Å². The molecule has 0 aliphatic heterocycles. The lowest BCUT2D eigenvalue weighted by atomic mass is 10.0. The maximum absolute atomic E-state index is 11.9. The summed E-state index contributed by atoms with van der Waals surface area (Å²) in [7, 11) is 0. The first-order chi connectivity index (χ1) is 9.50. The molecule has 20 heavy (non-hydrogen) atoms. The first kappa shape index (κ1) is 14.4. The van der Waals surface area contributed by atoms with Gasteiger partial charge in [0.15, 0.2) is 5.16 Å². The monoisotopic (exact) mass is 293 g/mol. The topological polar surface area (TPSA) is 88.0 Å². The van der Waals surface area contributed by atoms with Gasteiger partial charge in [0.2, 0.25) is 0 Å². The number of nitrogens with one attached hydrogen (secondary N) is 1. The number of H-pyrrole nitrogens is 1. The summed E-state index contributed by atoms with van der Waals surface area (Å²) in [6.45, 7) is 3.87. The summed E-state index contributed by atoms with van der Waals surface area (Å²) in [6.07, 6.45) is 0. The second-order valence-electron chi connectivity index (χ2n) is 4.40. The normalized spacial score (nSPS) is 12.3. The van der Waals surface area contributed by atoms with Crippen LogP contribution in [0.25, 0.3) is 0 Å². The van der Waals surface area contributed by atoms with E-state index in [1.54, 1.807) is 0 Å². The zero-order valence-electron chi connectivity index (χ0n) is 11.2. The highest BCUT2D eigenvalue weighted by atomic mass is 32.2. The van der Waals surface area contributed by atoms with E-state index in [0.29, 0.717) is 5.16 Å². The fourth-order valence-corrected chi connectivity index (χ4v) is 2.80. The number of thioether (sulfide) groups is 1. The van der Waals surface area contributed by atoms with Crippen LogP contribution in [0.1, 0.15) is 24.1 Å². The van der Waals surface area contributed by atoms with Crippen LogP contribution in [0.15, 0.2) is 34.2 Å². The van der Waals surface area contributed by atoms with Crippen molar-refractivity contribution in [2.24, 2.45) is 0 Å². The van der Waals surface area contributed by atoms with Crippen LogP contribution in [0.3, 0.4) is 0 Å². The highest BCUT2D eigenvalue weighted by molar-refractivity contribution is 7.99. The van der Waals surface area contributed by atoms with Crippen molar-refractivity contribution in [2.45, 2.75) is 25.0 Å². The highest BCUT2D eigenvalue weighted by Crippen LogP contribution is 2.24. The van der Waals surface area contributed by atoms with Crippen molar-refractivity contribution in [3.63, 3.8) is 0 Å². The van der Waals surface area contributed by atoms with E-state index >= 15 is 0 Å². The summed E-state index contributed by atoms with van der Waals surface area (Å²) in [6, 6.07) is 7.56. The van der Waals surface area contributed by atoms with E-state index in [4.69, 9.17) is 5.11 Å². The molecule has 0 fully saturated rings. The molecule has 106 valence electrons. The van der Waals surface area contributed by atoms with E-state index in [2.05, 4.69) is 10.2 Å². The van der Waals surface area contributed by atoms with Gasteiger partial charge in [0.25, 0.3) is 0 Å². The molecule has 6 nitrogen and oxygen atoms in total. The van der Waals surface area contributed by atoms with Gasteiger partial charge in [-0.05, 0) is 25.0 Å². The Morgan fingerprint density at radius 3 is 2.85 bits per heavy atom. The van der Waals surface area contributed by atoms with Crippen LogP contribution in [-0.2, 0) is 4.79 Å². The molecule has 0 aliphatic rings. The Morgan fingerprint density at radius 2 is 2.20 bits per heavy atom. The average Bonchev–Trinajstić information content (AvgIpc) is 2.77. The van der Waals surface area contributed by atoms with Gasteiger partial charge >= 0.3 is 11.7 Å². The van der Waals surface area contributed by atoms with Crippen LogP contribution in [-0.4, -0.2) is 31.6 Å². The molecule has 0 saturated heterocycles. The van der Waals surface area contributed by atoms with Gasteiger partial charge < -0.3 is 5.11 Å². The zero-order chi connectivity index (χ0) is 14.7. The van der Waals surface area contributed by atoms with Crippen LogP contribution in [0.2, 0.25) is 0 Å². The maximum Gasteiger partial charge on any atom is 0.344 e. The molecule has 0 radical (unpaired) electrons. The molecule has 2 N–H and O–H groups in total. The smallest absolute Gasteiger partial charge is 0.344 e. The number of carboxylic acids is 1. The van der Waals surface area contributed by atoms with Crippen LogP contribution in [0.4, 0.5) is 0 Å². The van der Waals surface area contributed by atoms with Crippen molar-refractivity contribution in [1.29, 1.82) is 0 Å². The molecular formula is C13H15N3O3S. The lowest BCUT2D eigenvalue weighted by Gasteiger charge is -2.16. The van der Waals surface area contributed by atoms with E-state index in [1.807, 2.05) is 38.1 Å². The molecule has 1 heterocycles. The predicted octanol–water partition coefficient (Wildman–Crippen LogP) is 1.67. The second-order valence-corrected chi connectivity index (χ2v) is 5.34. The quantitative estimate of drug-likeness (QED) is 0.819. The first-order valence-corrected chi connectivity index (χ1v) is 7.06. The van der Waals surface area contributed by atoms with Gasteiger partial charge in [-0.15, -0.1) is 5.10 Å². The molecule has 0 aliphatic carbocycles. The van der Waals surface area contributed by atoms with Gasteiger partial charge in [-0.3, -0.25) is 9.36 Å². The fraction of sp³-hybridized carbons (Fsp3) is 0.308. The number of benzene rings is 1. The number of hydrogen-bond acceptors (Lipinski definition) is 4. The van der Waals surface area contributed by atoms with Crippen LogP contribution in [0, 0.1) is 6.92 Å². The highest BCUT2D eigenvalue weighted by Gasteiger charge is 2.18. The van der Waals surface area contributed by atoms with E-state index < -0.39 is 5.97 Å². The molecule has 1 aromatic heterocycles. The number of nitrogens with zero attached hydrogens (tertiary/aromatic N) is 2. The summed E-state index contributed by atoms with van der Waals surface area (Å²) < 4.78 is 1.48. The third-order valence-electron chi connectivity index (χ3n) is 3.02. The lowest BCUT2D eigenvalue weighted by Crippen LogP contribution is -2.22. The number of hydrogen-bond donors (Lipinski definition) is 2. The number of aryl methyl sites for hydroxylation is 1. The van der Waals surface area contributed by atoms with Crippen molar-refractivity contribution in [2.75, 3.05) is 5.75 Å². The molecule has 2 rings (SSSR count). The predicted molar refractivity (Wildman–Crippen MR) is 76.2 cm³/mol. The number of aromatic amines is 1.